The second-order valence-electron chi connectivity index (χ2n) is 4.27. The first-order valence-corrected chi connectivity index (χ1v) is 5.85. The Kier molecular flexibility index (Phi) is 2.25. The molecule has 0 spiro atoms. The molecule has 1 nitrogen and oxygen atoms in total. The fourth-order valence-electron chi connectivity index (χ4n) is 2.33. The van der Waals surface area contributed by atoms with Crippen molar-refractivity contribution in [1.29, 1.82) is 0 Å². The van der Waals surface area contributed by atoms with Crippen molar-refractivity contribution in [2.24, 2.45) is 0 Å². The third kappa shape index (κ3) is 1.47. The molecule has 0 saturated heterocycles. The largest absolute Gasteiger partial charge is 0.456 e. The fourth-order valence-corrected chi connectivity index (χ4v) is 2.33. The van der Waals surface area contributed by atoms with Gasteiger partial charge in [-0.25, -0.2) is 0 Å². The minimum absolute atomic E-state index is 0.957. The van der Waals surface area contributed by atoms with Crippen molar-refractivity contribution in [3.8, 4) is 0 Å². The highest BCUT2D eigenvalue weighted by atomic mass is 16.3. The zero-order valence-corrected chi connectivity index (χ0v) is 10.0. The highest BCUT2D eigenvalue weighted by Crippen LogP contribution is 2.33. The summed E-state index contributed by atoms with van der Waals surface area (Å²) < 4.78 is 5.86. The van der Waals surface area contributed by atoms with Crippen LogP contribution < -0.4 is 0 Å². The second-order valence-corrected chi connectivity index (χ2v) is 4.27. The van der Waals surface area contributed by atoms with Gasteiger partial charge in [0.25, 0.3) is 0 Å². The molecule has 1 aromatic heterocycles. The lowest BCUT2D eigenvalue weighted by molar-refractivity contribution is 0.669. The summed E-state index contributed by atoms with van der Waals surface area (Å²) in [5, 5.41) is 2.41. The molecular weight excluding hydrogens is 208 g/mol. The van der Waals surface area contributed by atoms with Crippen LogP contribution in [0.25, 0.3) is 28.0 Å². The SMILES string of the molecule is C/C=C\c1c(C)ccc2oc3ccccc3c12. The minimum atomic E-state index is 0.957. The van der Waals surface area contributed by atoms with Gasteiger partial charge in [0.15, 0.2) is 0 Å². The lowest BCUT2D eigenvalue weighted by Crippen LogP contribution is -1.81. The average Bonchev–Trinajstić information content (AvgIpc) is 2.72. The molecule has 0 N–H and O–H groups in total. The predicted octanol–water partition coefficient (Wildman–Crippen LogP) is 4.93. The molecule has 1 heteroatoms. The number of hydrogen-bond donors (Lipinski definition) is 0. The van der Waals surface area contributed by atoms with Gasteiger partial charge in [-0.2, -0.15) is 0 Å². The van der Waals surface area contributed by atoms with Crippen LogP contribution in [0.1, 0.15) is 18.1 Å². The summed E-state index contributed by atoms with van der Waals surface area (Å²) in [5.41, 5.74) is 4.46. The maximum atomic E-state index is 5.86. The number of furan rings is 1. The molecule has 17 heavy (non-hydrogen) atoms. The van der Waals surface area contributed by atoms with Crippen LogP contribution in [-0.2, 0) is 0 Å². The quantitative estimate of drug-likeness (QED) is 0.569. The molecule has 3 aromatic rings. The summed E-state index contributed by atoms with van der Waals surface area (Å²) in [7, 11) is 0. The first-order chi connectivity index (χ1) is 8.31. The highest BCUT2D eigenvalue weighted by molar-refractivity contribution is 6.09. The average molecular weight is 222 g/mol. The Hall–Kier alpha value is -2.02. The lowest BCUT2D eigenvalue weighted by Gasteiger charge is -2.01. The van der Waals surface area contributed by atoms with E-state index >= 15 is 0 Å². The molecule has 0 aliphatic heterocycles. The highest BCUT2D eigenvalue weighted by Gasteiger charge is 2.10. The number of hydrogen-bond acceptors (Lipinski definition) is 1. The number of aryl methyl sites for hydroxylation is 1. The number of para-hydroxylation sites is 1. The van der Waals surface area contributed by atoms with E-state index in [1.807, 2.05) is 19.1 Å². The van der Waals surface area contributed by atoms with Gasteiger partial charge in [0.1, 0.15) is 11.2 Å². The normalized spacial score (nSPS) is 11.9. The maximum Gasteiger partial charge on any atom is 0.136 e. The number of benzene rings is 2. The summed E-state index contributed by atoms with van der Waals surface area (Å²) in [5.74, 6) is 0. The third-order valence-electron chi connectivity index (χ3n) is 3.13. The van der Waals surface area contributed by atoms with Crippen molar-refractivity contribution in [1.82, 2.24) is 0 Å². The van der Waals surface area contributed by atoms with Crippen molar-refractivity contribution in [2.75, 3.05) is 0 Å². The van der Waals surface area contributed by atoms with Gasteiger partial charge >= 0.3 is 0 Å². The fraction of sp³-hybridized carbons (Fsp3) is 0.125. The molecule has 2 aromatic carbocycles. The number of rotatable bonds is 1. The zero-order valence-electron chi connectivity index (χ0n) is 10.0. The summed E-state index contributed by atoms with van der Waals surface area (Å²) in [6.45, 7) is 4.18. The Morgan fingerprint density at radius 1 is 1.00 bits per heavy atom. The molecule has 0 amide bonds. The van der Waals surface area contributed by atoms with E-state index in [4.69, 9.17) is 4.42 Å². The van der Waals surface area contributed by atoms with Gasteiger partial charge in [-0.05, 0) is 37.1 Å². The van der Waals surface area contributed by atoms with E-state index in [1.165, 1.54) is 21.9 Å². The van der Waals surface area contributed by atoms with Crippen molar-refractivity contribution in [3.63, 3.8) is 0 Å². The van der Waals surface area contributed by atoms with Crippen LogP contribution in [0.5, 0.6) is 0 Å². The maximum absolute atomic E-state index is 5.86. The van der Waals surface area contributed by atoms with E-state index in [0.717, 1.165) is 11.2 Å². The van der Waals surface area contributed by atoms with Crippen LogP contribution in [0.2, 0.25) is 0 Å². The minimum Gasteiger partial charge on any atom is -0.456 e. The van der Waals surface area contributed by atoms with Crippen LogP contribution >= 0.6 is 0 Å². The number of fused-ring (bicyclic) bond motifs is 3. The standard InChI is InChI=1S/C16H14O/c1-3-6-12-11(2)9-10-15-16(12)13-7-4-5-8-14(13)17-15/h3-10H,1-2H3/b6-3-. The molecule has 0 aliphatic carbocycles. The van der Waals surface area contributed by atoms with Crippen LogP contribution in [0.15, 0.2) is 46.9 Å². The Morgan fingerprint density at radius 3 is 2.65 bits per heavy atom. The van der Waals surface area contributed by atoms with E-state index in [9.17, 15) is 0 Å². The summed E-state index contributed by atoms with van der Waals surface area (Å²) in [6, 6.07) is 12.4. The van der Waals surface area contributed by atoms with Gasteiger partial charge in [0, 0.05) is 10.8 Å². The topological polar surface area (TPSA) is 13.1 Å². The van der Waals surface area contributed by atoms with Crippen molar-refractivity contribution in [2.45, 2.75) is 13.8 Å². The molecular formula is C16H14O. The Balaban J connectivity index is 2.55. The number of allylic oxidation sites excluding steroid dienone is 1. The second kappa shape index (κ2) is 3.77. The molecule has 3 rings (SSSR count). The molecule has 0 saturated carbocycles. The van der Waals surface area contributed by atoms with E-state index in [1.54, 1.807) is 0 Å². The smallest absolute Gasteiger partial charge is 0.136 e. The van der Waals surface area contributed by atoms with Gasteiger partial charge < -0.3 is 4.42 Å². The third-order valence-corrected chi connectivity index (χ3v) is 3.13. The molecule has 0 aliphatic rings. The summed E-state index contributed by atoms with van der Waals surface area (Å²) in [6.07, 6.45) is 4.23. The molecule has 0 bridgehead atoms. The lowest BCUT2D eigenvalue weighted by atomic mass is 10.0. The predicted molar refractivity (Wildman–Crippen MR) is 73.2 cm³/mol. The van der Waals surface area contributed by atoms with Gasteiger partial charge in [0.2, 0.25) is 0 Å². The van der Waals surface area contributed by atoms with Gasteiger partial charge in [-0.3, -0.25) is 0 Å². The Morgan fingerprint density at radius 2 is 1.82 bits per heavy atom. The molecule has 84 valence electrons. The van der Waals surface area contributed by atoms with Crippen molar-refractivity contribution in [3.05, 3.63) is 53.6 Å². The van der Waals surface area contributed by atoms with E-state index in [-0.39, 0.29) is 0 Å². The van der Waals surface area contributed by atoms with Crippen LogP contribution in [-0.4, -0.2) is 0 Å². The Bertz CT molecular complexity index is 717. The summed E-state index contributed by atoms with van der Waals surface area (Å²) in [4.78, 5) is 0. The molecule has 0 atom stereocenters. The van der Waals surface area contributed by atoms with Crippen LogP contribution in [0.3, 0.4) is 0 Å². The molecule has 1 heterocycles. The first kappa shape index (κ1) is 10.2. The zero-order chi connectivity index (χ0) is 11.8. The van der Waals surface area contributed by atoms with Gasteiger partial charge in [0.05, 0.1) is 0 Å². The first-order valence-electron chi connectivity index (χ1n) is 5.85. The molecule has 0 fully saturated rings. The van der Waals surface area contributed by atoms with E-state index in [0.29, 0.717) is 0 Å². The van der Waals surface area contributed by atoms with E-state index < -0.39 is 0 Å². The van der Waals surface area contributed by atoms with E-state index in [2.05, 4.69) is 43.3 Å². The van der Waals surface area contributed by atoms with Gasteiger partial charge in [-0.15, -0.1) is 0 Å². The van der Waals surface area contributed by atoms with Crippen molar-refractivity contribution < 1.29 is 4.42 Å². The van der Waals surface area contributed by atoms with Crippen LogP contribution in [0.4, 0.5) is 0 Å². The molecule has 0 radical (unpaired) electrons. The molecule has 0 unspecified atom stereocenters. The summed E-state index contributed by atoms with van der Waals surface area (Å²) >= 11 is 0. The monoisotopic (exact) mass is 222 g/mol. The van der Waals surface area contributed by atoms with Crippen LogP contribution in [0, 0.1) is 6.92 Å². The van der Waals surface area contributed by atoms with Gasteiger partial charge in [-0.1, -0.05) is 36.4 Å². The van der Waals surface area contributed by atoms with Crippen molar-refractivity contribution >= 4 is 28.0 Å². The Labute approximate surface area is 100 Å².